The number of sulfonamides is 1. The molecule has 12 heteroatoms. The SMILES string of the molecule is C[C@@H](C(=O)N1CCC[C@H]1CN1CCCC1)N1CC[C@H](NS(=O)(=O)c2ccc3cc(Cl)ccc3c2)C1=O.O=CO. The Labute approximate surface area is 233 Å². The minimum absolute atomic E-state index is 0.0401. The van der Waals surface area contributed by atoms with Crippen molar-refractivity contribution in [1.82, 2.24) is 19.4 Å². The highest BCUT2D eigenvalue weighted by atomic mass is 35.5. The minimum Gasteiger partial charge on any atom is -0.483 e. The lowest BCUT2D eigenvalue weighted by Crippen LogP contribution is -2.52. The number of fused-ring (bicyclic) bond motifs is 1. The van der Waals surface area contributed by atoms with Gasteiger partial charge in [0.25, 0.3) is 6.47 Å². The van der Waals surface area contributed by atoms with Crippen LogP contribution >= 0.6 is 11.6 Å². The van der Waals surface area contributed by atoms with Crippen molar-refractivity contribution in [2.24, 2.45) is 0 Å². The standard InChI is InChI=1S/C26H33ClN4O4S.CH2O2/c1-18(25(32)31-13-4-5-22(31)17-29-11-2-3-12-29)30-14-10-24(26(30)33)28-36(34,35)23-9-7-19-15-21(27)8-6-20(19)16-23;2-1-3/h6-9,15-16,18,22,24,28H,2-5,10-14,17H2,1H3;1H,(H,2,3)/t18-,22-,24-;/m0./s1. The van der Waals surface area contributed by atoms with E-state index in [9.17, 15) is 18.0 Å². The maximum atomic E-state index is 13.4. The van der Waals surface area contributed by atoms with Crippen LogP contribution in [0.1, 0.15) is 39.0 Å². The molecule has 3 fully saturated rings. The smallest absolute Gasteiger partial charge is 0.290 e. The number of benzene rings is 2. The summed E-state index contributed by atoms with van der Waals surface area (Å²) in [6, 6.07) is 8.72. The number of amides is 2. The van der Waals surface area contributed by atoms with Gasteiger partial charge in [0.15, 0.2) is 0 Å². The molecule has 10 nitrogen and oxygen atoms in total. The summed E-state index contributed by atoms with van der Waals surface area (Å²) in [4.78, 5) is 40.9. The van der Waals surface area contributed by atoms with Crippen LogP contribution < -0.4 is 4.72 Å². The molecule has 0 spiro atoms. The van der Waals surface area contributed by atoms with Gasteiger partial charge in [-0.1, -0.05) is 23.7 Å². The largest absolute Gasteiger partial charge is 0.483 e. The third kappa shape index (κ3) is 6.71. The number of carbonyl (C=O) groups excluding carboxylic acids is 2. The molecule has 3 aliphatic rings. The second kappa shape index (κ2) is 12.6. The quantitative estimate of drug-likeness (QED) is 0.483. The topological polar surface area (TPSA) is 127 Å². The Hall–Kier alpha value is -2.73. The van der Waals surface area contributed by atoms with Gasteiger partial charge in [-0.2, -0.15) is 4.72 Å². The average molecular weight is 579 g/mol. The first-order valence-corrected chi connectivity index (χ1v) is 15.1. The Kier molecular flexibility index (Phi) is 9.47. The van der Waals surface area contributed by atoms with Crippen molar-refractivity contribution in [2.75, 3.05) is 32.7 Å². The molecule has 3 aliphatic heterocycles. The van der Waals surface area contributed by atoms with Crippen molar-refractivity contribution in [3.63, 3.8) is 0 Å². The highest BCUT2D eigenvalue weighted by molar-refractivity contribution is 7.89. The molecule has 3 atom stereocenters. The first kappa shape index (κ1) is 29.3. The van der Waals surface area contributed by atoms with E-state index in [-0.39, 0.29) is 29.2 Å². The van der Waals surface area contributed by atoms with E-state index in [0.717, 1.165) is 43.2 Å². The maximum absolute atomic E-state index is 13.4. The summed E-state index contributed by atoms with van der Waals surface area (Å²) in [6.45, 7) is 5.65. The summed E-state index contributed by atoms with van der Waals surface area (Å²) < 4.78 is 28.7. The second-order valence-electron chi connectivity index (χ2n) is 10.3. The molecule has 2 aromatic carbocycles. The molecular weight excluding hydrogens is 544 g/mol. The van der Waals surface area contributed by atoms with E-state index in [1.807, 2.05) is 4.90 Å². The summed E-state index contributed by atoms with van der Waals surface area (Å²) in [5, 5.41) is 9.05. The average Bonchev–Trinajstić information content (AvgIpc) is 3.66. The zero-order chi connectivity index (χ0) is 28.2. The van der Waals surface area contributed by atoms with Crippen LogP contribution in [0.15, 0.2) is 41.3 Å². The van der Waals surface area contributed by atoms with Gasteiger partial charge in [0, 0.05) is 30.7 Å². The Bertz CT molecular complexity index is 1320. The predicted octanol–water partition coefficient (Wildman–Crippen LogP) is 2.55. The molecule has 2 aromatic rings. The molecule has 39 heavy (non-hydrogen) atoms. The van der Waals surface area contributed by atoms with Gasteiger partial charge in [0.2, 0.25) is 21.8 Å². The van der Waals surface area contributed by atoms with Gasteiger partial charge < -0.3 is 19.8 Å². The zero-order valence-corrected chi connectivity index (χ0v) is 23.5. The van der Waals surface area contributed by atoms with Crippen molar-refractivity contribution in [1.29, 1.82) is 0 Å². The van der Waals surface area contributed by atoms with Crippen LogP contribution in [-0.4, -0.2) is 97.4 Å². The fourth-order valence-corrected chi connectivity index (χ4v) is 7.20. The Morgan fingerprint density at radius 2 is 1.74 bits per heavy atom. The van der Waals surface area contributed by atoms with E-state index in [1.54, 1.807) is 37.3 Å². The van der Waals surface area contributed by atoms with E-state index in [0.29, 0.717) is 24.5 Å². The summed E-state index contributed by atoms with van der Waals surface area (Å²) in [6.07, 6.45) is 4.72. The number of nitrogens with one attached hydrogen (secondary N) is 1. The summed E-state index contributed by atoms with van der Waals surface area (Å²) in [5.41, 5.74) is 0. The van der Waals surface area contributed by atoms with Gasteiger partial charge in [-0.3, -0.25) is 14.4 Å². The summed E-state index contributed by atoms with van der Waals surface area (Å²) in [5.74, 6) is -0.385. The number of nitrogens with zero attached hydrogens (tertiary/aromatic N) is 3. The van der Waals surface area contributed by atoms with Gasteiger partial charge in [-0.15, -0.1) is 0 Å². The van der Waals surface area contributed by atoms with Gasteiger partial charge in [-0.05, 0) is 87.2 Å². The van der Waals surface area contributed by atoms with E-state index >= 15 is 0 Å². The van der Waals surface area contributed by atoms with Crippen molar-refractivity contribution >= 4 is 50.7 Å². The van der Waals surface area contributed by atoms with Crippen LogP contribution in [0.5, 0.6) is 0 Å². The number of rotatable bonds is 7. The lowest BCUT2D eigenvalue weighted by Gasteiger charge is -2.33. The number of hydrogen-bond acceptors (Lipinski definition) is 6. The molecule has 5 rings (SSSR count). The molecule has 3 saturated heterocycles. The van der Waals surface area contributed by atoms with Crippen LogP contribution in [-0.2, 0) is 24.4 Å². The van der Waals surface area contributed by atoms with Crippen LogP contribution in [0.25, 0.3) is 10.8 Å². The van der Waals surface area contributed by atoms with E-state index in [1.165, 1.54) is 23.8 Å². The number of carbonyl (C=O) groups is 3. The maximum Gasteiger partial charge on any atom is 0.290 e. The minimum atomic E-state index is -3.92. The number of hydrogen-bond donors (Lipinski definition) is 2. The Morgan fingerprint density at radius 1 is 1.08 bits per heavy atom. The fraction of sp³-hybridized carbons (Fsp3) is 0.519. The van der Waals surface area contributed by atoms with Gasteiger partial charge in [0.05, 0.1) is 4.90 Å². The predicted molar refractivity (Wildman–Crippen MR) is 148 cm³/mol. The van der Waals surface area contributed by atoms with Crippen LogP contribution in [0, 0.1) is 0 Å². The molecule has 0 bridgehead atoms. The van der Waals surface area contributed by atoms with E-state index < -0.39 is 22.1 Å². The number of likely N-dealkylation sites (tertiary alicyclic amines) is 3. The second-order valence-corrected chi connectivity index (χ2v) is 12.4. The molecule has 0 radical (unpaired) electrons. The van der Waals surface area contributed by atoms with E-state index in [2.05, 4.69) is 9.62 Å². The van der Waals surface area contributed by atoms with Gasteiger partial charge in [-0.25, -0.2) is 8.42 Å². The van der Waals surface area contributed by atoms with Crippen molar-refractivity contribution < 1.29 is 27.9 Å². The summed E-state index contributed by atoms with van der Waals surface area (Å²) >= 11 is 6.02. The lowest BCUT2D eigenvalue weighted by atomic mass is 10.1. The third-order valence-electron chi connectivity index (χ3n) is 7.77. The fourth-order valence-electron chi connectivity index (χ4n) is 5.77. The van der Waals surface area contributed by atoms with E-state index in [4.69, 9.17) is 21.5 Å². The van der Waals surface area contributed by atoms with Gasteiger partial charge in [0.1, 0.15) is 12.1 Å². The molecule has 2 amide bonds. The van der Waals surface area contributed by atoms with Crippen LogP contribution in [0.3, 0.4) is 0 Å². The Morgan fingerprint density at radius 3 is 2.46 bits per heavy atom. The molecule has 0 aromatic heterocycles. The number of halogens is 1. The number of carboxylic acid groups (broad SMARTS) is 1. The lowest BCUT2D eigenvalue weighted by molar-refractivity contribution is -0.144. The zero-order valence-electron chi connectivity index (χ0n) is 22.0. The molecule has 0 unspecified atom stereocenters. The van der Waals surface area contributed by atoms with Crippen molar-refractivity contribution in [3.05, 3.63) is 41.4 Å². The van der Waals surface area contributed by atoms with Crippen molar-refractivity contribution in [3.8, 4) is 0 Å². The third-order valence-corrected chi connectivity index (χ3v) is 9.48. The molecule has 3 heterocycles. The monoisotopic (exact) mass is 578 g/mol. The molecular formula is C27H35ClN4O6S. The molecule has 0 saturated carbocycles. The Balaban J connectivity index is 0.00000112. The van der Waals surface area contributed by atoms with Crippen molar-refractivity contribution in [2.45, 2.75) is 62.0 Å². The molecule has 2 N–H and O–H groups in total. The van der Waals surface area contributed by atoms with Gasteiger partial charge >= 0.3 is 0 Å². The summed E-state index contributed by atoms with van der Waals surface area (Å²) in [7, 11) is -3.92. The first-order valence-electron chi connectivity index (χ1n) is 13.3. The first-order chi connectivity index (χ1) is 18.6. The normalized spacial score (nSPS) is 22.7. The van der Waals surface area contributed by atoms with Crippen LogP contribution in [0.2, 0.25) is 5.02 Å². The highest BCUT2D eigenvalue weighted by Gasteiger charge is 2.42. The highest BCUT2D eigenvalue weighted by Crippen LogP contribution is 2.26. The van der Waals surface area contributed by atoms with Crippen LogP contribution in [0.4, 0.5) is 0 Å². The molecule has 212 valence electrons. The molecule has 0 aliphatic carbocycles.